The van der Waals surface area contributed by atoms with Crippen molar-refractivity contribution in [2.24, 2.45) is 0 Å². The number of ketones is 1. The van der Waals surface area contributed by atoms with Crippen molar-refractivity contribution in [2.75, 3.05) is 5.32 Å². The third-order valence-corrected chi connectivity index (χ3v) is 5.15. The van der Waals surface area contributed by atoms with Gasteiger partial charge in [0.15, 0.2) is 11.6 Å². The predicted octanol–water partition coefficient (Wildman–Crippen LogP) is 4.66. The van der Waals surface area contributed by atoms with Gasteiger partial charge in [0.2, 0.25) is 5.91 Å². The molecular formula is C21H18ClN3O2. The van der Waals surface area contributed by atoms with E-state index in [9.17, 15) is 9.59 Å². The minimum Gasteiger partial charge on any atom is -0.309 e. The number of aryl methyl sites for hydroxylation is 2. The van der Waals surface area contributed by atoms with E-state index in [1.54, 1.807) is 12.1 Å². The lowest BCUT2D eigenvalue weighted by molar-refractivity contribution is -0.116. The lowest BCUT2D eigenvalue weighted by Gasteiger charge is -2.23. The van der Waals surface area contributed by atoms with Crippen LogP contribution in [0.15, 0.2) is 42.5 Å². The van der Waals surface area contributed by atoms with E-state index < -0.39 is 5.92 Å². The van der Waals surface area contributed by atoms with Crippen LogP contribution in [0.1, 0.15) is 39.4 Å². The van der Waals surface area contributed by atoms with Crippen molar-refractivity contribution in [2.45, 2.75) is 26.2 Å². The number of nitrogens with one attached hydrogen (secondary N) is 2. The topological polar surface area (TPSA) is 74.8 Å². The van der Waals surface area contributed by atoms with Gasteiger partial charge in [0.25, 0.3) is 0 Å². The number of aromatic amines is 1. The molecule has 27 heavy (non-hydrogen) atoms. The molecule has 2 heterocycles. The van der Waals surface area contributed by atoms with E-state index >= 15 is 0 Å². The third-order valence-electron chi connectivity index (χ3n) is 4.90. The smallest absolute Gasteiger partial charge is 0.226 e. The minimum atomic E-state index is -0.584. The van der Waals surface area contributed by atoms with Crippen LogP contribution in [0, 0.1) is 13.8 Å². The average molecular weight is 380 g/mol. The lowest BCUT2D eigenvalue weighted by Crippen LogP contribution is -2.27. The Morgan fingerprint density at radius 2 is 1.89 bits per heavy atom. The molecule has 2 N–H and O–H groups in total. The van der Waals surface area contributed by atoms with E-state index in [2.05, 4.69) is 15.5 Å². The SMILES string of the molecule is Cc1ccc(C(=O)C2CC(=O)Nc3n[nH]c(-c4ccc(Cl)cc4)c32)c(C)c1. The number of halogens is 1. The van der Waals surface area contributed by atoms with Crippen LogP contribution < -0.4 is 5.32 Å². The van der Waals surface area contributed by atoms with Crippen LogP contribution in [-0.4, -0.2) is 21.9 Å². The molecule has 0 bridgehead atoms. The van der Waals surface area contributed by atoms with Gasteiger partial charge in [-0.1, -0.05) is 47.5 Å². The van der Waals surface area contributed by atoms with Crippen LogP contribution in [0.4, 0.5) is 5.82 Å². The monoisotopic (exact) mass is 379 g/mol. The molecule has 0 radical (unpaired) electrons. The molecule has 6 heteroatoms. The summed E-state index contributed by atoms with van der Waals surface area (Å²) in [6.07, 6.45) is 0.0965. The molecule has 5 nitrogen and oxygen atoms in total. The molecule has 136 valence electrons. The number of rotatable bonds is 3. The number of hydrogen-bond donors (Lipinski definition) is 2. The minimum absolute atomic E-state index is 0.0692. The first-order valence-electron chi connectivity index (χ1n) is 8.69. The van der Waals surface area contributed by atoms with E-state index in [0.29, 0.717) is 16.4 Å². The summed E-state index contributed by atoms with van der Waals surface area (Å²) in [6, 6.07) is 13.0. The van der Waals surface area contributed by atoms with Crippen molar-refractivity contribution < 1.29 is 9.59 Å². The maximum Gasteiger partial charge on any atom is 0.226 e. The number of fused-ring (bicyclic) bond motifs is 1. The number of aromatic nitrogens is 2. The maximum absolute atomic E-state index is 13.3. The summed E-state index contributed by atoms with van der Waals surface area (Å²) >= 11 is 5.99. The molecule has 0 fully saturated rings. The molecule has 4 rings (SSSR count). The van der Waals surface area contributed by atoms with Crippen LogP contribution >= 0.6 is 11.6 Å². The zero-order valence-corrected chi connectivity index (χ0v) is 15.7. The van der Waals surface area contributed by atoms with Crippen molar-refractivity contribution in [3.8, 4) is 11.3 Å². The maximum atomic E-state index is 13.3. The summed E-state index contributed by atoms with van der Waals surface area (Å²) in [7, 11) is 0. The highest BCUT2D eigenvalue weighted by Gasteiger charge is 2.36. The zero-order valence-electron chi connectivity index (χ0n) is 15.0. The fraction of sp³-hybridized carbons (Fsp3) is 0.190. The Labute approximate surface area is 161 Å². The summed E-state index contributed by atoms with van der Waals surface area (Å²) < 4.78 is 0. The Kier molecular flexibility index (Phi) is 4.32. The number of H-pyrrole nitrogens is 1. The Morgan fingerprint density at radius 3 is 2.59 bits per heavy atom. The second-order valence-corrected chi connectivity index (χ2v) is 7.29. The largest absolute Gasteiger partial charge is 0.309 e. The van der Waals surface area contributed by atoms with Gasteiger partial charge >= 0.3 is 0 Å². The van der Waals surface area contributed by atoms with Crippen molar-refractivity contribution in [3.05, 3.63) is 69.7 Å². The number of amides is 1. The van der Waals surface area contributed by atoms with Crippen molar-refractivity contribution in [1.29, 1.82) is 0 Å². The fourth-order valence-electron chi connectivity index (χ4n) is 3.59. The molecule has 0 saturated carbocycles. The Bertz CT molecular complexity index is 1050. The standard InChI is InChI=1S/C21H18ClN3O2/c1-11-3-8-15(12(2)9-11)20(27)16-10-17(26)23-21-18(16)19(24-25-21)13-4-6-14(22)7-5-13/h3-9,16H,10H2,1-2H3,(H2,23,24,25,26). The van der Waals surface area contributed by atoms with E-state index in [4.69, 9.17) is 11.6 Å². The van der Waals surface area contributed by atoms with Crippen LogP contribution in [0.5, 0.6) is 0 Å². The second-order valence-electron chi connectivity index (χ2n) is 6.86. The van der Waals surface area contributed by atoms with Crippen LogP contribution in [0.25, 0.3) is 11.3 Å². The number of benzene rings is 2. The summed E-state index contributed by atoms with van der Waals surface area (Å²) in [4.78, 5) is 25.5. The highest BCUT2D eigenvalue weighted by molar-refractivity contribution is 6.30. The molecule has 1 aliphatic heterocycles. The molecule has 1 amide bonds. The Hall–Kier alpha value is -2.92. The number of carbonyl (C=O) groups excluding carboxylic acids is 2. The van der Waals surface area contributed by atoms with E-state index in [1.165, 1.54) is 0 Å². The zero-order chi connectivity index (χ0) is 19.1. The van der Waals surface area contributed by atoms with E-state index in [-0.39, 0.29) is 18.1 Å². The molecule has 0 spiro atoms. The number of Topliss-reactive ketones (excluding diaryl/α,β-unsaturated/α-hetero) is 1. The molecule has 3 aromatic rings. The van der Waals surface area contributed by atoms with Gasteiger partial charge in [0.05, 0.1) is 11.6 Å². The first-order valence-corrected chi connectivity index (χ1v) is 9.07. The highest BCUT2D eigenvalue weighted by Crippen LogP contribution is 2.40. The quantitative estimate of drug-likeness (QED) is 0.650. The first-order chi connectivity index (χ1) is 12.9. The van der Waals surface area contributed by atoms with Gasteiger partial charge in [-0.05, 0) is 31.5 Å². The van der Waals surface area contributed by atoms with Crippen LogP contribution in [0.3, 0.4) is 0 Å². The summed E-state index contributed by atoms with van der Waals surface area (Å²) in [6.45, 7) is 3.90. The fourth-order valence-corrected chi connectivity index (χ4v) is 3.72. The van der Waals surface area contributed by atoms with Crippen molar-refractivity contribution >= 4 is 29.1 Å². The number of anilines is 1. The van der Waals surface area contributed by atoms with Crippen molar-refractivity contribution in [3.63, 3.8) is 0 Å². The van der Waals surface area contributed by atoms with Crippen LogP contribution in [0.2, 0.25) is 5.02 Å². The third kappa shape index (κ3) is 3.15. The molecule has 0 saturated heterocycles. The Balaban J connectivity index is 1.82. The molecule has 1 aliphatic rings. The molecule has 1 atom stereocenters. The van der Waals surface area contributed by atoms with Crippen LogP contribution in [-0.2, 0) is 4.79 Å². The molecular weight excluding hydrogens is 362 g/mol. The number of carbonyl (C=O) groups is 2. The van der Waals surface area contributed by atoms with E-state index in [0.717, 1.165) is 27.9 Å². The Morgan fingerprint density at radius 1 is 1.15 bits per heavy atom. The number of nitrogens with zero attached hydrogens (tertiary/aromatic N) is 1. The molecule has 0 aliphatic carbocycles. The van der Waals surface area contributed by atoms with Gasteiger partial charge in [-0.15, -0.1) is 0 Å². The van der Waals surface area contributed by atoms with Gasteiger partial charge in [-0.3, -0.25) is 14.7 Å². The molecule has 1 aromatic heterocycles. The second kappa shape index (κ2) is 6.67. The lowest BCUT2D eigenvalue weighted by atomic mass is 9.83. The van der Waals surface area contributed by atoms with Gasteiger partial charge in [-0.2, -0.15) is 5.10 Å². The summed E-state index contributed by atoms with van der Waals surface area (Å²) in [5, 5.41) is 10.6. The number of hydrogen-bond acceptors (Lipinski definition) is 3. The molecule has 2 aromatic carbocycles. The van der Waals surface area contributed by atoms with Gasteiger partial charge in [0.1, 0.15) is 0 Å². The summed E-state index contributed by atoms with van der Waals surface area (Å²) in [5.74, 6) is -0.445. The normalized spacial score (nSPS) is 16.0. The van der Waals surface area contributed by atoms with Gasteiger partial charge < -0.3 is 5.32 Å². The van der Waals surface area contributed by atoms with Gasteiger partial charge in [0, 0.05) is 28.1 Å². The first kappa shape index (κ1) is 17.5. The molecule has 1 unspecified atom stereocenters. The van der Waals surface area contributed by atoms with Crippen molar-refractivity contribution in [1.82, 2.24) is 10.2 Å². The summed E-state index contributed by atoms with van der Waals surface area (Å²) in [5.41, 5.74) is 4.95. The highest BCUT2D eigenvalue weighted by atomic mass is 35.5. The van der Waals surface area contributed by atoms with E-state index in [1.807, 2.05) is 44.2 Å². The average Bonchev–Trinajstić information content (AvgIpc) is 3.05. The van der Waals surface area contributed by atoms with Gasteiger partial charge in [-0.25, -0.2) is 0 Å². The predicted molar refractivity (Wildman–Crippen MR) is 105 cm³/mol.